The molecule has 0 radical (unpaired) electrons. The Hall–Kier alpha value is -1.55. The molecule has 0 bridgehead atoms. The second-order valence-corrected chi connectivity index (χ2v) is 6.58. The lowest BCUT2D eigenvalue weighted by Crippen LogP contribution is -2.43. The topological polar surface area (TPSA) is 49.6 Å². The van der Waals surface area contributed by atoms with E-state index in [2.05, 4.69) is 32.0 Å². The van der Waals surface area contributed by atoms with Gasteiger partial charge < -0.3 is 10.6 Å². The Balaban J connectivity index is 1.95. The largest absolute Gasteiger partial charge is 0.330 e. The van der Waals surface area contributed by atoms with Gasteiger partial charge in [-0.05, 0) is 38.3 Å². The van der Waals surface area contributed by atoms with Gasteiger partial charge in [-0.3, -0.25) is 4.90 Å². The number of amides is 2. The fraction of sp³-hybridized carbons (Fsp3) is 0.588. The normalized spacial score (nSPS) is 21.0. The maximum Gasteiger partial charge on any atom is 0.324 e. The first kappa shape index (κ1) is 14.4. The molecule has 1 aromatic rings. The minimum absolute atomic E-state index is 0.0854. The van der Waals surface area contributed by atoms with Gasteiger partial charge in [0, 0.05) is 36.8 Å². The van der Waals surface area contributed by atoms with E-state index in [9.17, 15) is 4.79 Å². The van der Waals surface area contributed by atoms with E-state index in [1.54, 1.807) is 0 Å². The van der Waals surface area contributed by atoms with Gasteiger partial charge in [0.2, 0.25) is 0 Å². The van der Waals surface area contributed by atoms with Crippen molar-refractivity contribution in [2.45, 2.75) is 44.6 Å². The summed E-state index contributed by atoms with van der Waals surface area (Å²) in [6.45, 7) is 6.39. The van der Waals surface area contributed by atoms with Crippen LogP contribution in [-0.2, 0) is 5.41 Å². The minimum Gasteiger partial charge on any atom is -0.330 e. The Kier molecular flexibility index (Phi) is 3.66. The van der Waals surface area contributed by atoms with Crippen LogP contribution >= 0.6 is 0 Å². The second kappa shape index (κ2) is 5.34. The molecule has 0 atom stereocenters. The van der Waals surface area contributed by atoms with Crippen LogP contribution < -0.4 is 10.6 Å². The summed E-state index contributed by atoms with van der Waals surface area (Å²) in [7, 11) is 0. The first-order valence-electron chi connectivity index (χ1n) is 7.97. The van der Waals surface area contributed by atoms with Crippen molar-refractivity contribution in [3.63, 3.8) is 0 Å². The van der Waals surface area contributed by atoms with Gasteiger partial charge in [0.1, 0.15) is 0 Å². The predicted molar refractivity (Wildman–Crippen MR) is 85.6 cm³/mol. The number of hydrogen-bond donors (Lipinski definition) is 1. The Bertz CT molecular complexity index is 531. The lowest BCUT2D eigenvalue weighted by atomic mass is 9.64. The molecule has 114 valence electrons. The molecule has 1 aliphatic carbocycles. The second-order valence-electron chi connectivity index (χ2n) is 6.58. The summed E-state index contributed by atoms with van der Waals surface area (Å²) in [5.74, 6) is 0. The molecule has 4 nitrogen and oxygen atoms in total. The highest BCUT2D eigenvalue weighted by molar-refractivity contribution is 5.95. The first-order valence-corrected chi connectivity index (χ1v) is 7.97. The summed E-state index contributed by atoms with van der Waals surface area (Å²) in [5, 5.41) is 0. The highest BCUT2D eigenvalue weighted by atomic mass is 16.2. The third-order valence-corrected chi connectivity index (χ3v) is 5.13. The number of hydrogen-bond acceptors (Lipinski definition) is 2. The molecule has 0 spiro atoms. The summed E-state index contributed by atoms with van der Waals surface area (Å²) in [6, 6.07) is 8.70. The van der Waals surface area contributed by atoms with Crippen molar-refractivity contribution in [1.29, 1.82) is 0 Å². The zero-order valence-electron chi connectivity index (χ0n) is 13.0. The van der Waals surface area contributed by atoms with Crippen molar-refractivity contribution < 1.29 is 4.79 Å². The molecule has 1 heterocycles. The van der Waals surface area contributed by atoms with Crippen LogP contribution in [-0.4, -0.2) is 36.6 Å². The molecule has 2 fully saturated rings. The fourth-order valence-corrected chi connectivity index (χ4v) is 3.60. The molecule has 1 saturated heterocycles. The van der Waals surface area contributed by atoms with E-state index in [0.717, 1.165) is 31.6 Å². The van der Waals surface area contributed by atoms with Gasteiger partial charge in [0.25, 0.3) is 0 Å². The van der Waals surface area contributed by atoms with E-state index in [4.69, 9.17) is 5.73 Å². The van der Waals surface area contributed by atoms with Gasteiger partial charge in [-0.1, -0.05) is 24.6 Å². The zero-order valence-corrected chi connectivity index (χ0v) is 13.0. The highest BCUT2D eigenvalue weighted by Gasteiger charge is 2.41. The number of anilines is 1. The maximum atomic E-state index is 12.6. The van der Waals surface area contributed by atoms with Gasteiger partial charge in [-0.25, -0.2) is 4.79 Å². The van der Waals surface area contributed by atoms with Crippen molar-refractivity contribution in [1.82, 2.24) is 4.90 Å². The Morgan fingerprint density at radius 2 is 1.95 bits per heavy atom. The number of nitrogens with two attached hydrogens (primary N) is 1. The molecule has 0 unspecified atom stereocenters. The minimum atomic E-state index is 0.0854. The third kappa shape index (κ3) is 2.22. The van der Waals surface area contributed by atoms with Gasteiger partial charge in [-0.15, -0.1) is 0 Å². The molecule has 0 aromatic heterocycles. The van der Waals surface area contributed by atoms with Crippen LogP contribution in [0, 0.1) is 0 Å². The molecule has 4 heteroatoms. The van der Waals surface area contributed by atoms with Gasteiger partial charge in [-0.2, -0.15) is 0 Å². The molecule has 1 aliphatic heterocycles. The first-order chi connectivity index (χ1) is 10.1. The quantitative estimate of drug-likeness (QED) is 0.925. The Labute approximate surface area is 126 Å². The van der Waals surface area contributed by atoms with Crippen molar-refractivity contribution in [2.24, 2.45) is 5.73 Å². The SMILES string of the molecule is CC(C)N1CCN(c2ccccc2C2(CN)CCC2)C1=O. The highest BCUT2D eigenvalue weighted by Crippen LogP contribution is 2.46. The van der Waals surface area contributed by atoms with E-state index in [1.165, 1.54) is 12.0 Å². The van der Waals surface area contributed by atoms with E-state index in [0.29, 0.717) is 6.54 Å². The lowest BCUT2D eigenvalue weighted by molar-refractivity contribution is 0.208. The third-order valence-electron chi connectivity index (χ3n) is 5.13. The Morgan fingerprint density at radius 1 is 1.24 bits per heavy atom. The smallest absolute Gasteiger partial charge is 0.324 e. The molecule has 1 saturated carbocycles. The number of carbonyl (C=O) groups is 1. The molecule has 2 N–H and O–H groups in total. The number of urea groups is 1. The summed E-state index contributed by atoms with van der Waals surface area (Å²) in [4.78, 5) is 16.5. The van der Waals surface area contributed by atoms with Crippen LogP contribution in [0.1, 0.15) is 38.7 Å². The standard InChI is InChI=1S/C17H25N3O/c1-13(2)19-10-11-20(16(19)21)15-7-4-3-6-14(15)17(12-18)8-5-9-17/h3-4,6-7,13H,5,8-12,18H2,1-2H3. The van der Waals surface area contributed by atoms with E-state index in [1.807, 2.05) is 15.9 Å². The molecule has 2 aliphatic rings. The van der Waals surface area contributed by atoms with Crippen LogP contribution in [0.25, 0.3) is 0 Å². The van der Waals surface area contributed by atoms with Gasteiger partial charge in [0.05, 0.1) is 0 Å². The lowest BCUT2D eigenvalue weighted by Gasteiger charge is -2.43. The molecule has 21 heavy (non-hydrogen) atoms. The van der Waals surface area contributed by atoms with Crippen LogP contribution in [0.3, 0.4) is 0 Å². The molecular formula is C17H25N3O. The summed E-state index contributed by atoms with van der Waals surface area (Å²) < 4.78 is 0. The van der Waals surface area contributed by atoms with Crippen molar-refractivity contribution in [2.75, 3.05) is 24.5 Å². The molecule has 3 rings (SSSR count). The van der Waals surface area contributed by atoms with Gasteiger partial charge >= 0.3 is 6.03 Å². The van der Waals surface area contributed by atoms with E-state index in [-0.39, 0.29) is 17.5 Å². The predicted octanol–water partition coefficient (Wildman–Crippen LogP) is 2.72. The molecule has 2 amide bonds. The maximum absolute atomic E-state index is 12.6. The number of rotatable bonds is 4. The molecule has 1 aromatic carbocycles. The summed E-state index contributed by atoms with van der Waals surface area (Å²) in [5.41, 5.74) is 8.48. The summed E-state index contributed by atoms with van der Waals surface area (Å²) >= 11 is 0. The monoisotopic (exact) mass is 287 g/mol. The van der Waals surface area contributed by atoms with E-state index >= 15 is 0 Å². The van der Waals surface area contributed by atoms with Crippen LogP contribution in [0.5, 0.6) is 0 Å². The number of nitrogens with zero attached hydrogens (tertiary/aromatic N) is 2. The van der Waals surface area contributed by atoms with Crippen LogP contribution in [0.4, 0.5) is 10.5 Å². The fourth-order valence-electron chi connectivity index (χ4n) is 3.60. The number of para-hydroxylation sites is 1. The average molecular weight is 287 g/mol. The number of benzene rings is 1. The van der Waals surface area contributed by atoms with Gasteiger partial charge in [0.15, 0.2) is 0 Å². The van der Waals surface area contributed by atoms with E-state index < -0.39 is 0 Å². The number of carbonyl (C=O) groups excluding carboxylic acids is 1. The Morgan fingerprint density at radius 3 is 2.48 bits per heavy atom. The average Bonchev–Trinajstić information content (AvgIpc) is 2.81. The zero-order chi connectivity index (χ0) is 15.0. The molecular weight excluding hydrogens is 262 g/mol. The van der Waals surface area contributed by atoms with Crippen molar-refractivity contribution >= 4 is 11.7 Å². The van der Waals surface area contributed by atoms with Crippen LogP contribution in [0.2, 0.25) is 0 Å². The summed E-state index contributed by atoms with van der Waals surface area (Å²) in [6.07, 6.45) is 3.50. The van der Waals surface area contributed by atoms with Crippen molar-refractivity contribution in [3.05, 3.63) is 29.8 Å². The van der Waals surface area contributed by atoms with Crippen molar-refractivity contribution in [3.8, 4) is 0 Å². The van der Waals surface area contributed by atoms with Crippen LogP contribution in [0.15, 0.2) is 24.3 Å².